The van der Waals surface area contributed by atoms with Crippen LogP contribution in [-0.2, 0) is 25.7 Å². The first-order valence-electron chi connectivity index (χ1n) is 6.62. The maximum Gasteiger partial charge on any atom is 0.344 e. The van der Waals surface area contributed by atoms with E-state index >= 15 is 0 Å². The minimum absolute atomic E-state index is 0.0260. The number of carbonyl (C=O) groups is 2. The molecule has 0 N–H and O–H groups in total. The summed E-state index contributed by atoms with van der Waals surface area (Å²) < 4.78 is 9.99. The Morgan fingerprint density at radius 3 is 2.42 bits per heavy atom. The molecular formula is C15H18O4. The standard InChI is InChI=1S/C15H18O4/c16-14(18-10-12-6-2-1-3-7-12)11-19-15(17)13-8-4-5-9-13/h1-3,6-7,13H,4-5,8-11H2. The van der Waals surface area contributed by atoms with Crippen LogP contribution in [0.1, 0.15) is 31.2 Å². The molecule has 0 aliphatic heterocycles. The normalized spacial score (nSPS) is 15.2. The molecule has 1 fully saturated rings. The second kappa shape index (κ2) is 6.92. The molecule has 0 unspecified atom stereocenters. The van der Waals surface area contributed by atoms with Crippen molar-refractivity contribution in [2.45, 2.75) is 32.3 Å². The van der Waals surface area contributed by atoms with Gasteiger partial charge in [-0.05, 0) is 18.4 Å². The first-order valence-corrected chi connectivity index (χ1v) is 6.62. The zero-order valence-electron chi connectivity index (χ0n) is 10.8. The minimum Gasteiger partial charge on any atom is -0.458 e. The summed E-state index contributed by atoms with van der Waals surface area (Å²) in [5.41, 5.74) is 0.915. The van der Waals surface area contributed by atoms with Gasteiger partial charge >= 0.3 is 11.9 Å². The van der Waals surface area contributed by atoms with Gasteiger partial charge in [-0.25, -0.2) is 4.79 Å². The predicted molar refractivity (Wildman–Crippen MR) is 69.2 cm³/mol. The van der Waals surface area contributed by atoms with Crippen molar-refractivity contribution < 1.29 is 19.1 Å². The van der Waals surface area contributed by atoms with Gasteiger partial charge in [0.2, 0.25) is 0 Å². The van der Waals surface area contributed by atoms with Gasteiger partial charge in [-0.1, -0.05) is 43.2 Å². The van der Waals surface area contributed by atoms with E-state index < -0.39 is 5.97 Å². The zero-order chi connectivity index (χ0) is 13.5. The molecule has 1 aliphatic rings. The van der Waals surface area contributed by atoms with E-state index in [0.717, 1.165) is 31.2 Å². The lowest BCUT2D eigenvalue weighted by molar-refractivity contribution is -0.161. The molecule has 4 heteroatoms. The van der Waals surface area contributed by atoms with E-state index in [0.29, 0.717) is 0 Å². The fourth-order valence-electron chi connectivity index (χ4n) is 2.19. The number of rotatable bonds is 5. The van der Waals surface area contributed by atoms with Crippen LogP contribution in [0, 0.1) is 5.92 Å². The second-order valence-corrected chi connectivity index (χ2v) is 4.74. The maximum absolute atomic E-state index is 11.6. The van der Waals surface area contributed by atoms with Crippen molar-refractivity contribution in [3.8, 4) is 0 Å². The van der Waals surface area contributed by atoms with Crippen LogP contribution < -0.4 is 0 Å². The Hall–Kier alpha value is -1.84. The molecule has 1 aliphatic carbocycles. The molecule has 1 aromatic rings. The highest BCUT2D eigenvalue weighted by Gasteiger charge is 2.24. The number of hydrogen-bond acceptors (Lipinski definition) is 4. The average Bonchev–Trinajstić information content (AvgIpc) is 2.98. The zero-order valence-corrected chi connectivity index (χ0v) is 10.8. The molecule has 0 bridgehead atoms. The van der Waals surface area contributed by atoms with Crippen LogP contribution >= 0.6 is 0 Å². The quantitative estimate of drug-likeness (QED) is 0.765. The number of esters is 2. The Bertz CT molecular complexity index is 421. The van der Waals surface area contributed by atoms with E-state index in [9.17, 15) is 9.59 Å². The largest absolute Gasteiger partial charge is 0.458 e. The van der Waals surface area contributed by atoms with Crippen LogP contribution in [0.15, 0.2) is 30.3 Å². The van der Waals surface area contributed by atoms with Crippen molar-refractivity contribution in [3.63, 3.8) is 0 Å². The first-order chi connectivity index (χ1) is 9.25. The average molecular weight is 262 g/mol. The summed E-state index contributed by atoms with van der Waals surface area (Å²) in [6.07, 6.45) is 3.88. The summed E-state index contributed by atoms with van der Waals surface area (Å²) in [7, 11) is 0. The molecule has 0 aromatic heterocycles. The van der Waals surface area contributed by atoms with E-state index in [1.165, 1.54) is 0 Å². The van der Waals surface area contributed by atoms with E-state index in [2.05, 4.69) is 0 Å². The summed E-state index contributed by atoms with van der Waals surface area (Å²) in [6, 6.07) is 9.40. The summed E-state index contributed by atoms with van der Waals surface area (Å²) in [6.45, 7) is -0.0805. The molecule has 0 heterocycles. The van der Waals surface area contributed by atoms with Gasteiger partial charge in [0, 0.05) is 0 Å². The first kappa shape index (κ1) is 13.6. The van der Waals surface area contributed by atoms with Gasteiger partial charge in [-0.3, -0.25) is 4.79 Å². The van der Waals surface area contributed by atoms with Gasteiger partial charge in [0.05, 0.1) is 5.92 Å². The monoisotopic (exact) mass is 262 g/mol. The molecule has 0 radical (unpaired) electrons. The van der Waals surface area contributed by atoms with Crippen molar-refractivity contribution in [3.05, 3.63) is 35.9 Å². The Morgan fingerprint density at radius 2 is 1.74 bits per heavy atom. The van der Waals surface area contributed by atoms with Crippen molar-refractivity contribution in [1.29, 1.82) is 0 Å². The van der Waals surface area contributed by atoms with Gasteiger partial charge < -0.3 is 9.47 Å². The third-order valence-electron chi connectivity index (χ3n) is 3.26. The van der Waals surface area contributed by atoms with Crippen molar-refractivity contribution in [1.82, 2.24) is 0 Å². The van der Waals surface area contributed by atoms with Gasteiger partial charge in [0.1, 0.15) is 6.61 Å². The van der Waals surface area contributed by atoms with Crippen LogP contribution in [-0.4, -0.2) is 18.5 Å². The highest BCUT2D eigenvalue weighted by molar-refractivity contribution is 5.77. The second-order valence-electron chi connectivity index (χ2n) is 4.74. The highest BCUT2D eigenvalue weighted by atomic mass is 16.6. The fraction of sp³-hybridized carbons (Fsp3) is 0.467. The molecule has 0 spiro atoms. The van der Waals surface area contributed by atoms with E-state index in [4.69, 9.17) is 9.47 Å². The Kier molecular flexibility index (Phi) is 4.95. The lowest BCUT2D eigenvalue weighted by Gasteiger charge is -2.09. The summed E-state index contributed by atoms with van der Waals surface area (Å²) in [5, 5.41) is 0. The van der Waals surface area contributed by atoms with Crippen LogP contribution in [0.5, 0.6) is 0 Å². The van der Waals surface area contributed by atoms with E-state index in [-0.39, 0.29) is 25.1 Å². The minimum atomic E-state index is -0.504. The Labute approximate surface area is 112 Å². The third kappa shape index (κ3) is 4.39. The van der Waals surface area contributed by atoms with Crippen molar-refractivity contribution >= 4 is 11.9 Å². The highest BCUT2D eigenvalue weighted by Crippen LogP contribution is 2.25. The maximum atomic E-state index is 11.6. The molecule has 0 amide bonds. The summed E-state index contributed by atoms with van der Waals surface area (Å²) in [5.74, 6) is -0.800. The Morgan fingerprint density at radius 1 is 1.05 bits per heavy atom. The molecule has 4 nitrogen and oxygen atoms in total. The van der Waals surface area contributed by atoms with Gasteiger partial charge in [0.25, 0.3) is 0 Å². The van der Waals surface area contributed by atoms with Gasteiger partial charge in [-0.2, -0.15) is 0 Å². The van der Waals surface area contributed by atoms with E-state index in [1.54, 1.807) is 0 Å². The number of benzene rings is 1. The number of hydrogen-bond donors (Lipinski definition) is 0. The smallest absolute Gasteiger partial charge is 0.344 e. The van der Waals surface area contributed by atoms with Crippen LogP contribution in [0.25, 0.3) is 0 Å². The number of ether oxygens (including phenoxy) is 2. The molecule has 0 saturated heterocycles. The molecule has 19 heavy (non-hydrogen) atoms. The topological polar surface area (TPSA) is 52.6 Å². The molecular weight excluding hydrogens is 244 g/mol. The van der Waals surface area contributed by atoms with E-state index in [1.807, 2.05) is 30.3 Å². The molecule has 1 saturated carbocycles. The summed E-state index contributed by atoms with van der Waals surface area (Å²) in [4.78, 5) is 23.0. The lowest BCUT2D eigenvalue weighted by Crippen LogP contribution is -2.20. The molecule has 0 atom stereocenters. The van der Waals surface area contributed by atoms with Gasteiger partial charge in [-0.15, -0.1) is 0 Å². The van der Waals surface area contributed by atoms with Crippen molar-refractivity contribution in [2.75, 3.05) is 6.61 Å². The van der Waals surface area contributed by atoms with Crippen LogP contribution in [0.4, 0.5) is 0 Å². The van der Waals surface area contributed by atoms with Gasteiger partial charge in [0.15, 0.2) is 6.61 Å². The predicted octanol–water partition coefficient (Wildman–Crippen LogP) is 2.46. The SMILES string of the molecule is O=C(COC(=O)C1CCCC1)OCc1ccccc1. The summed E-state index contributed by atoms with van der Waals surface area (Å²) >= 11 is 0. The lowest BCUT2D eigenvalue weighted by atomic mass is 10.1. The number of carbonyl (C=O) groups excluding carboxylic acids is 2. The Balaban J connectivity index is 1.65. The molecule has 1 aromatic carbocycles. The van der Waals surface area contributed by atoms with Crippen molar-refractivity contribution in [2.24, 2.45) is 5.92 Å². The van der Waals surface area contributed by atoms with Crippen LogP contribution in [0.3, 0.4) is 0 Å². The molecule has 102 valence electrons. The van der Waals surface area contributed by atoms with Crippen LogP contribution in [0.2, 0.25) is 0 Å². The molecule has 2 rings (SSSR count). The third-order valence-corrected chi connectivity index (χ3v) is 3.26. The fourth-order valence-corrected chi connectivity index (χ4v) is 2.19.